The second-order valence-corrected chi connectivity index (χ2v) is 6.01. The van der Waals surface area contributed by atoms with Crippen LogP contribution in [0.25, 0.3) is 0 Å². The molecule has 0 amide bonds. The van der Waals surface area contributed by atoms with Gasteiger partial charge in [0.25, 0.3) is 5.56 Å². The molecule has 0 saturated carbocycles. The van der Waals surface area contributed by atoms with Gasteiger partial charge >= 0.3 is 0 Å². The van der Waals surface area contributed by atoms with Crippen molar-refractivity contribution in [2.75, 3.05) is 19.5 Å². The van der Waals surface area contributed by atoms with Crippen LogP contribution in [-0.4, -0.2) is 40.6 Å². The van der Waals surface area contributed by atoms with Crippen molar-refractivity contribution in [1.29, 1.82) is 0 Å². The Labute approximate surface area is 155 Å². The van der Waals surface area contributed by atoms with Crippen LogP contribution in [-0.2, 0) is 0 Å². The molecule has 7 nitrogen and oxygen atoms in total. The van der Waals surface area contributed by atoms with Gasteiger partial charge in [0.05, 0.1) is 24.5 Å². The molecule has 0 aliphatic heterocycles. The average molecular weight is 383 g/mol. The zero-order valence-corrected chi connectivity index (χ0v) is 16.0. The molecule has 0 radical (unpaired) electrons. The predicted octanol–water partition coefficient (Wildman–Crippen LogP) is 3.00. The first-order valence-corrected chi connectivity index (χ1v) is 9.25. The number of ether oxygens (including phenoxy) is 2. The summed E-state index contributed by atoms with van der Waals surface area (Å²) in [5, 5.41) is 12.8. The molecule has 0 saturated heterocycles. The molecule has 0 atom stereocenters. The molecule has 9 heteroatoms. The minimum absolute atomic E-state index is 0.273. The third kappa shape index (κ3) is 4.52. The third-order valence-corrected chi connectivity index (χ3v) is 3.99. The molecule has 134 valence electrons. The number of aromatic nitrogens is 3. The zero-order valence-electron chi connectivity index (χ0n) is 14.4. The normalized spacial score (nSPS) is 11.1. The minimum atomic E-state index is -0.322. The number of hydrogen-bond donors (Lipinski definition) is 0. The zero-order chi connectivity index (χ0) is 18.4. The van der Waals surface area contributed by atoms with E-state index in [2.05, 4.69) is 15.3 Å². The van der Waals surface area contributed by atoms with Gasteiger partial charge in [-0.25, -0.2) is 0 Å². The fraction of sp³-hybridized carbons (Fsp3) is 0.375. The molecule has 1 heterocycles. The second-order valence-electron chi connectivity index (χ2n) is 4.83. The molecular weight excluding hydrogens is 364 g/mol. The van der Waals surface area contributed by atoms with Gasteiger partial charge in [-0.3, -0.25) is 4.79 Å². The van der Waals surface area contributed by atoms with Crippen LogP contribution in [0.15, 0.2) is 27.2 Å². The molecule has 1 aromatic carbocycles. The second kappa shape index (κ2) is 8.87. The highest BCUT2D eigenvalue weighted by Crippen LogP contribution is 2.36. The highest BCUT2D eigenvalue weighted by Gasteiger charge is 2.12. The van der Waals surface area contributed by atoms with E-state index in [-0.39, 0.29) is 11.3 Å². The third-order valence-electron chi connectivity index (χ3n) is 3.09. The van der Waals surface area contributed by atoms with E-state index in [1.165, 1.54) is 22.7 Å². The monoisotopic (exact) mass is 382 g/mol. The Morgan fingerprint density at radius 3 is 2.64 bits per heavy atom. The Morgan fingerprint density at radius 1 is 1.28 bits per heavy atom. The number of aryl methyl sites for hydroxylation is 1. The fourth-order valence-electron chi connectivity index (χ4n) is 2.01. The van der Waals surface area contributed by atoms with Crippen LogP contribution in [0, 0.1) is 6.92 Å². The molecule has 2 aromatic rings. The summed E-state index contributed by atoms with van der Waals surface area (Å²) in [7, 11) is 0. The first kappa shape index (κ1) is 19.3. The van der Waals surface area contributed by atoms with Gasteiger partial charge in [0, 0.05) is 0 Å². The maximum absolute atomic E-state index is 12.2. The van der Waals surface area contributed by atoms with Crippen LogP contribution in [0.1, 0.15) is 25.1 Å². The van der Waals surface area contributed by atoms with Crippen molar-refractivity contribution in [2.24, 2.45) is 5.10 Å². The summed E-state index contributed by atoms with van der Waals surface area (Å²) >= 11 is 7.57. The molecule has 1 aromatic heterocycles. The predicted molar refractivity (Wildman–Crippen MR) is 99.6 cm³/mol. The average Bonchev–Trinajstić information content (AvgIpc) is 2.59. The summed E-state index contributed by atoms with van der Waals surface area (Å²) in [4.78, 5) is 12.2. The van der Waals surface area contributed by atoms with E-state index in [9.17, 15) is 4.79 Å². The smallest absolute Gasteiger partial charge is 0.296 e. The Kier molecular flexibility index (Phi) is 6.83. The molecule has 0 spiro atoms. The molecule has 0 fully saturated rings. The topological polar surface area (TPSA) is 78.6 Å². The molecule has 2 rings (SSSR count). The number of nitrogens with zero attached hydrogens (tertiary/aromatic N) is 4. The Balaban J connectivity index is 2.46. The van der Waals surface area contributed by atoms with Gasteiger partial charge in [0.1, 0.15) is 5.69 Å². The van der Waals surface area contributed by atoms with E-state index in [4.69, 9.17) is 21.1 Å². The van der Waals surface area contributed by atoms with Gasteiger partial charge in [0.2, 0.25) is 5.16 Å². The Bertz CT molecular complexity index is 839. The molecule has 0 aliphatic rings. The lowest BCUT2D eigenvalue weighted by atomic mass is 10.2. The highest BCUT2D eigenvalue weighted by molar-refractivity contribution is 7.98. The van der Waals surface area contributed by atoms with E-state index >= 15 is 0 Å². The number of rotatable bonds is 7. The SMILES string of the molecule is CCOc1cc(/C=N\n2c(SC)nnc(C)c2=O)cc(Cl)c1OCC. The van der Waals surface area contributed by atoms with Crippen molar-refractivity contribution in [1.82, 2.24) is 14.9 Å². The van der Waals surface area contributed by atoms with Crippen molar-refractivity contribution in [3.63, 3.8) is 0 Å². The van der Waals surface area contributed by atoms with Crippen molar-refractivity contribution < 1.29 is 9.47 Å². The minimum Gasteiger partial charge on any atom is -0.490 e. The lowest BCUT2D eigenvalue weighted by Gasteiger charge is -2.13. The largest absolute Gasteiger partial charge is 0.490 e. The lowest BCUT2D eigenvalue weighted by Crippen LogP contribution is -2.23. The highest BCUT2D eigenvalue weighted by atomic mass is 35.5. The molecule has 0 unspecified atom stereocenters. The number of benzene rings is 1. The van der Waals surface area contributed by atoms with E-state index in [0.717, 1.165) is 0 Å². The molecular formula is C16H19ClN4O3S. The van der Waals surface area contributed by atoms with Crippen molar-refractivity contribution in [3.8, 4) is 11.5 Å². The van der Waals surface area contributed by atoms with Crippen molar-refractivity contribution in [2.45, 2.75) is 25.9 Å². The summed E-state index contributed by atoms with van der Waals surface area (Å²) in [5.74, 6) is 1.02. The van der Waals surface area contributed by atoms with Crippen LogP contribution in [0.2, 0.25) is 5.02 Å². The van der Waals surface area contributed by atoms with Crippen LogP contribution in [0.3, 0.4) is 0 Å². The maximum Gasteiger partial charge on any atom is 0.296 e. The maximum atomic E-state index is 12.2. The first-order valence-electron chi connectivity index (χ1n) is 7.65. The molecule has 0 N–H and O–H groups in total. The quantitative estimate of drug-likeness (QED) is 0.541. The van der Waals surface area contributed by atoms with Gasteiger partial charge in [-0.2, -0.15) is 9.78 Å². The van der Waals surface area contributed by atoms with E-state index in [1.807, 2.05) is 13.8 Å². The van der Waals surface area contributed by atoms with Crippen LogP contribution in [0.4, 0.5) is 0 Å². The van der Waals surface area contributed by atoms with E-state index in [1.54, 1.807) is 25.3 Å². The summed E-state index contributed by atoms with van der Waals surface area (Å²) in [6, 6.07) is 3.46. The fourth-order valence-corrected chi connectivity index (χ4v) is 2.71. The number of thioether (sulfide) groups is 1. The van der Waals surface area contributed by atoms with Crippen LogP contribution < -0.4 is 15.0 Å². The van der Waals surface area contributed by atoms with Crippen LogP contribution >= 0.6 is 23.4 Å². The van der Waals surface area contributed by atoms with E-state index in [0.29, 0.717) is 40.5 Å². The molecule has 25 heavy (non-hydrogen) atoms. The van der Waals surface area contributed by atoms with Crippen molar-refractivity contribution in [3.05, 3.63) is 38.8 Å². The van der Waals surface area contributed by atoms with Gasteiger partial charge in [-0.05, 0) is 44.7 Å². The van der Waals surface area contributed by atoms with Gasteiger partial charge in [0.15, 0.2) is 11.5 Å². The molecule has 0 aliphatic carbocycles. The standard InChI is InChI=1S/C16H19ClN4O3S/c1-5-23-13-8-11(7-12(17)14(13)24-6-2)9-18-21-15(22)10(3)19-20-16(21)25-4/h7-9H,5-6H2,1-4H3/b18-9-. The lowest BCUT2D eigenvalue weighted by molar-refractivity contribution is 0.288. The summed E-state index contributed by atoms with van der Waals surface area (Å²) in [5.41, 5.74) is 0.623. The summed E-state index contributed by atoms with van der Waals surface area (Å²) in [6.45, 7) is 6.28. The Hall–Kier alpha value is -2.06. The number of halogens is 1. The van der Waals surface area contributed by atoms with Gasteiger partial charge in [-0.15, -0.1) is 10.2 Å². The van der Waals surface area contributed by atoms with Gasteiger partial charge in [-0.1, -0.05) is 23.4 Å². The van der Waals surface area contributed by atoms with Crippen molar-refractivity contribution >= 4 is 29.6 Å². The summed E-state index contributed by atoms with van der Waals surface area (Å²) < 4.78 is 12.3. The Morgan fingerprint density at radius 2 is 2.00 bits per heavy atom. The molecule has 0 bridgehead atoms. The van der Waals surface area contributed by atoms with E-state index < -0.39 is 0 Å². The van der Waals surface area contributed by atoms with Gasteiger partial charge < -0.3 is 9.47 Å². The summed E-state index contributed by atoms with van der Waals surface area (Å²) in [6.07, 6.45) is 3.32. The number of hydrogen-bond acceptors (Lipinski definition) is 7. The van der Waals surface area contributed by atoms with Crippen LogP contribution in [0.5, 0.6) is 11.5 Å². The first-order chi connectivity index (χ1) is 12.0.